The number of carboxylic acids is 1. The van der Waals surface area contributed by atoms with Crippen LogP contribution in [-0.2, 0) is 14.3 Å². The van der Waals surface area contributed by atoms with Crippen LogP contribution in [0.3, 0.4) is 0 Å². The van der Waals surface area contributed by atoms with E-state index in [0.29, 0.717) is 13.2 Å². The molecule has 116 valence electrons. The van der Waals surface area contributed by atoms with Gasteiger partial charge in [0.25, 0.3) is 0 Å². The number of rotatable bonds is 7. The van der Waals surface area contributed by atoms with Gasteiger partial charge < -0.3 is 14.7 Å². The summed E-state index contributed by atoms with van der Waals surface area (Å²) in [5, 5.41) is 11.2. The van der Waals surface area contributed by atoms with Gasteiger partial charge in [-0.2, -0.15) is 0 Å². The summed E-state index contributed by atoms with van der Waals surface area (Å²) in [7, 11) is 1.53. The third-order valence-corrected chi connectivity index (χ3v) is 2.97. The molecule has 0 aliphatic rings. The fraction of sp³-hybridized carbons (Fsp3) is 0.769. The smallest absolute Gasteiger partial charge is 0.324 e. The lowest BCUT2D eigenvalue weighted by atomic mass is 9.89. The van der Waals surface area contributed by atoms with Crippen molar-refractivity contribution in [3.8, 4) is 0 Å². The van der Waals surface area contributed by atoms with Crippen LogP contribution in [0.2, 0.25) is 0 Å². The molecule has 0 bridgehead atoms. The molecule has 0 heterocycles. The molecule has 0 radical (unpaired) electrons. The number of aliphatic carboxylic acids is 1. The lowest BCUT2D eigenvalue weighted by Gasteiger charge is -2.27. The van der Waals surface area contributed by atoms with Crippen LogP contribution < -0.4 is 5.32 Å². The Morgan fingerprint density at radius 2 is 1.90 bits per heavy atom. The number of methoxy groups -OCH3 is 1. The average molecular weight is 288 g/mol. The van der Waals surface area contributed by atoms with Gasteiger partial charge in [-0.25, -0.2) is 4.79 Å². The monoisotopic (exact) mass is 288 g/mol. The molecule has 7 heteroatoms. The quantitative estimate of drug-likeness (QED) is 0.731. The number of ether oxygens (including phenoxy) is 1. The third kappa shape index (κ3) is 5.56. The average Bonchev–Trinajstić information content (AvgIpc) is 2.28. The molecule has 0 aromatic heterocycles. The van der Waals surface area contributed by atoms with Crippen molar-refractivity contribution in [1.29, 1.82) is 0 Å². The van der Waals surface area contributed by atoms with E-state index < -0.39 is 23.3 Å². The fourth-order valence-corrected chi connectivity index (χ4v) is 1.70. The van der Waals surface area contributed by atoms with E-state index in [1.54, 1.807) is 13.8 Å². The van der Waals surface area contributed by atoms with Crippen LogP contribution in [0.15, 0.2) is 0 Å². The first-order chi connectivity index (χ1) is 9.15. The van der Waals surface area contributed by atoms with E-state index in [-0.39, 0.29) is 12.5 Å². The van der Waals surface area contributed by atoms with Crippen molar-refractivity contribution < 1.29 is 24.2 Å². The minimum atomic E-state index is -1.21. The Balaban J connectivity index is 4.58. The molecule has 0 aromatic rings. The van der Waals surface area contributed by atoms with Crippen molar-refractivity contribution in [1.82, 2.24) is 10.2 Å². The van der Waals surface area contributed by atoms with Crippen molar-refractivity contribution in [2.75, 3.05) is 20.3 Å². The Hall–Kier alpha value is -1.63. The number of carbonyl (C=O) groups excluding carboxylic acids is 2. The molecular formula is C13H24N2O5. The first-order valence-corrected chi connectivity index (χ1v) is 6.48. The second-order valence-electron chi connectivity index (χ2n) is 5.31. The van der Waals surface area contributed by atoms with Crippen molar-refractivity contribution in [2.45, 2.75) is 40.2 Å². The number of hydrogen-bond acceptors (Lipinski definition) is 4. The minimum Gasteiger partial charge on any atom is -0.481 e. The predicted octanol–water partition coefficient (Wildman–Crippen LogP) is 1.08. The topological polar surface area (TPSA) is 95.9 Å². The number of urea groups is 1. The summed E-state index contributed by atoms with van der Waals surface area (Å²) in [5.41, 5.74) is -1.21. The molecule has 1 unspecified atom stereocenters. The predicted molar refractivity (Wildman–Crippen MR) is 73.3 cm³/mol. The second kappa shape index (κ2) is 7.84. The first kappa shape index (κ1) is 18.4. The van der Waals surface area contributed by atoms with Gasteiger partial charge in [-0.15, -0.1) is 0 Å². The number of carbonyl (C=O) groups is 3. The summed E-state index contributed by atoms with van der Waals surface area (Å²) in [5.74, 6) is -1.69. The summed E-state index contributed by atoms with van der Waals surface area (Å²) in [6, 6.07) is -0.714. The Morgan fingerprint density at radius 3 is 2.30 bits per heavy atom. The molecule has 0 saturated carbocycles. The third-order valence-electron chi connectivity index (χ3n) is 2.97. The van der Waals surface area contributed by atoms with Gasteiger partial charge in [-0.3, -0.25) is 14.9 Å². The van der Waals surface area contributed by atoms with Crippen LogP contribution in [0.4, 0.5) is 4.79 Å². The van der Waals surface area contributed by atoms with Gasteiger partial charge in [-0.1, -0.05) is 0 Å². The molecule has 0 rings (SSSR count). The van der Waals surface area contributed by atoms with Gasteiger partial charge in [0.15, 0.2) is 0 Å². The second-order valence-corrected chi connectivity index (χ2v) is 5.31. The molecule has 0 aliphatic heterocycles. The summed E-state index contributed by atoms with van der Waals surface area (Å²) in [4.78, 5) is 36.1. The fourth-order valence-electron chi connectivity index (χ4n) is 1.70. The molecule has 0 spiro atoms. The van der Waals surface area contributed by atoms with E-state index >= 15 is 0 Å². The maximum absolute atomic E-state index is 11.9. The van der Waals surface area contributed by atoms with E-state index in [1.165, 1.54) is 25.9 Å². The Kier molecular flexibility index (Phi) is 7.20. The highest BCUT2D eigenvalue weighted by atomic mass is 16.5. The van der Waals surface area contributed by atoms with E-state index in [0.717, 1.165) is 0 Å². The number of nitrogens with one attached hydrogen (secondary N) is 1. The van der Waals surface area contributed by atoms with E-state index in [2.05, 4.69) is 5.32 Å². The largest absolute Gasteiger partial charge is 0.481 e. The van der Waals surface area contributed by atoms with E-state index in [1.807, 2.05) is 0 Å². The van der Waals surface area contributed by atoms with E-state index in [9.17, 15) is 14.4 Å². The molecule has 20 heavy (non-hydrogen) atoms. The van der Waals surface area contributed by atoms with E-state index in [4.69, 9.17) is 9.84 Å². The normalized spacial score (nSPS) is 12.7. The van der Waals surface area contributed by atoms with Crippen LogP contribution in [0.5, 0.6) is 0 Å². The van der Waals surface area contributed by atoms with Crippen molar-refractivity contribution >= 4 is 17.9 Å². The van der Waals surface area contributed by atoms with Crippen LogP contribution in [-0.4, -0.2) is 54.2 Å². The van der Waals surface area contributed by atoms with Crippen molar-refractivity contribution in [3.05, 3.63) is 0 Å². The Labute approximate surface area is 119 Å². The summed E-state index contributed by atoms with van der Waals surface area (Å²) in [6.07, 6.45) is -0.260. The molecule has 3 amide bonds. The minimum absolute atomic E-state index is 0.176. The standard InChI is InChI=1S/C13H24N2O5/c1-6-15(9(2)8-20-5)12(19)14-10(16)7-13(3,4)11(17)18/h9H,6-8H2,1-5H3,(H,17,18)(H,14,16,19). The molecule has 2 N–H and O–H groups in total. The van der Waals surface area contributed by atoms with Crippen LogP contribution >= 0.6 is 0 Å². The van der Waals surface area contributed by atoms with Crippen molar-refractivity contribution in [2.24, 2.45) is 5.41 Å². The number of imide groups is 1. The number of nitrogens with zero attached hydrogens (tertiary/aromatic N) is 1. The van der Waals surface area contributed by atoms with Gasteiger partial charge >= 0.3 is 12.0 Å². The van der Waals surface area contributed by atoms with Crippen LogP contribution in [0, 0.1) is 5.41 Å². The molecule has 0 saturated heterocycles. The molecule has 7 nitrogen and oxygen atoms in total. The molecule has 0 aliphatic carbocycles. The zero-order chi connectivity index (χ0) is 15.9. The molecular weight excluding hydrogens is 264 g/mol. The van der Waals surface area contributed by atoms with Crippen LogP contribution in [0.25, 0.3) is 0 Å². The SMILES string of the molecule is CCN(C(=O)NC(=O)CC(C)(C)C(=O)O)C(C)COC. The highest BCUT2D eigenvalue weighted by Gasteiger charge is 2.31. The highest BCUT2D eigenvalue weighted by Crippen LogP contribution is 2.20. The lowest BCUT2D eigenvalue weighted by Crippen LogP contribution is -2.49. The lowest BCUT2D eigenvalue weighted by molar-refractivity contribution is -0.149. The zero-order valence-corrected chi connectivity index (χ0v) is 12.7. The first-order valence-electron chi connectivity index (χ1n) is 6.48. The summed E-state index contributed by atoms with van der Waals surface area (Å²) >= 11 is 0. The number of likely N-dealkylation sites (N-methyl/N-ethyl adjacent to an activating group) is 1. The summed E-state index contributed by atoms with van der Waals surface area (Å²) in [6.45, 7) is 7.24. The Morgan fingerprint density at radius 1 is 1.35 bits per heavy atom. The van der Waals surface area contributed by atoms with Crippen LogP contribution in [0.1, 0.15) is 34.1 Å². The Bertz CT molecular complexity index is 368. The van der Waals surface area contributed by atoms with Gasteiger partial charge in [0.05, 0.1) is 18.1 Å². The summed E-state index contributed by atoms with van der Waals surface area (Å²) < 4.78 is 4.97. The number of amides is 3. The molecule has 0 aromatic carbocycles. The maximum Gasteiger partial charge on any atom is 0.324 e. The van der Waals surface area contributed by atoms with Gasteiger partial charge in [0.1, 0.15) is 0 Å². The zero-order valence-electron chi connectivity index (χ0n) is 12.7. The maximum atomic E-state index is 11.9. The number of carboxylic acid groups (broad SMARTS) is 1. The van der Waals surface area contributed by atoms with Gasteiger partial charge in [0.2, 0.25) is 5.91 Å². The van der Waals surface area contributed by atoms with Crippen molar-refractivity contribution in [3.63, 3.8) is 0 Å². The molecule has 1 atom stereocenters. The molecule has 0 fully saturated rings. The van der Waals surface area contributed by atoms with Gasteiger partial charge in [-0.05, 0) is 27.7 Å². The van der Waals surface area contributed by atoms with Gasteiger partial charge in [0, 0.05) is 20.1 Å². The number of hydrogen-bond donors (Lipinski definition) is 2. The highest BCUT2D eigenvalue weighted by molar-refractivity contribution is 5.96.